The van der Waals surface area contributed by atoms with Gasteiger partial charge in [0.25, 0.3) is 5.91 Å². The molecular formula is C8H13N5O2. The second-order valence-corrected chi connectivity index (χ2v) is 3.21. The minimum Gasteiger partial charge on any atom is -0.395 e. The number of primary amides is 1. The largest absolute Gasteiger partial charge is 0.395 e. The molecule has 0 aliphatic carbocycles. The van der Waals surface area contributed by atoms with Crippen molar-refractivity contribution >= 4 is 17.5 Å². The Morgan fingerprint density at radius 3 is 2.53 bits per heavy atom. The first kappa shape index (κ1) is 11.0. The summed E-state index contributed by atoms with van der Waals surface area (Å²) in [6, 6.07) is -0.756. The summed E-state index contributed by atoms with van der Waals surface area (Å²) in [4.78, 5) is 22.2. The zero-order chi connectivity index (χ0) is 11.6. The summed E-state index contributed by atoms with van der Waals surface area (Å²) in [6.07, 6.45) is 0. The molecule has 0 spiro atoms. The minimum absolute atomic E-state index is 0.0700. The lowest BCUT2D eigenvalue weighted by Gasteiger charge is -2.08. The highest BCUT2D eigenvalue weighted by Crippen LogP contribution is 2.11. The molecule has 1 atom stereocenters. The van der Waals surface area contributed by atoms with Crippen LogP contribution in [-0.4, -0.2) is 28.1 Å². The van der Waals surface area contributed by atoms with E-state index in [0.717, 1.165) is 0 Å². The van der Waals surface area contributed by atoms with E-state index in [1.165, 1.54) is 6.92 Å². The van der Waals surface area contributed by atoms with Crippen molar-refractivity contribution in [3.63, 3.8) is 0 Å². The van der Waals surface area contributed by atoms with Gasteiger partial charge in [0.05, 0.1) is 11.4 Å². The number of carbonyl (C=O) groups excluding carboxylic acids is 2. The summed E-state index contributed by atoms with van der Waals surface area (Å²) >= 11 is 0. The number of aromatic nitrogens is 2. The van der Waals surface area contributed by atoms with E-state index in [2.05, 4.69) is 15.5 Å². The summed E-state index contributed by atoms with van der Waals surface area (Å²) in [5.41, 5.74) is 11.5. The van der Waals surface area contributed by atoms with Crippen molar-refractivity contribution in [2.75, 3.05) is 5.73 Å². The smallest absolute Gasteiger partial charge is 0.274 e. The van der Waals surface area contributed by atoms with Gasteiger partial charge in [0.15, 0.2) is 5.69 Å². The maximum absolute atomic E-state index is 11.5. The predicted molar refractivity (Wildman–Crippen MR) is 53.9 cm³/mol. The molecule has 1 aromatic rings. The van der Waals surface area contributed by atoms with Crippen LogP contribution in [0.15, 0.2) is 0 Å². The van der Waals surface area contributed by atoms with E-state index in [0.29, 0.717) is 5.69 Å². The molecule has 0 saturated carbocycles. The molecule has 1 unspecified atom stereocenters. The number of rotatable bonds is 3. The van der Waals surface area contributed by atoms with Gasteiger partial charge in [0.2, 0.25) is 5.91 Å². The van der Waals surface area contributed by atoms with Gasteiger partial charge in [-0.05, 0) is 13.8 Å². The van der Waals surface area contributed by atoms with Crippen molar-refractivity contribution in [1.82, 2.24) is 15.5 Å². The molecular weight excluding hydrogens is 198 g/mol. The molecule has 82 valence electrons. The van der Waals surface area contributed by atoms with Crippen LogP contribution >= 0.6 is 0 Å². The summed E-state index contributed by atoms with van der Waals surface area (Å²) in [5, 5.41) is 8.66. The van der Waals surface area contributed by atoms with E-state index in [1.807, 2.05) is 0 Å². The third-order valence-corrected chi connectivity index (χ3v) is 1.98. The van der Waals surface area contributed by atoms with Gasteiger partial charge in [-0.3, -0.25) is 14.7 Å². The molecule has 0 saturated heterocycles. The number of nitrogen functional groups attached to an aromatic ring is 1. The highest BCUT2D eigenvalue weighted by molar-refractivity contribution is 5.99. The van der Waals surface area contributed by atoms with Crippen LogP contribution in [0.4, 0.5) is 5.69 Å². The Labute approximate surface area is 86.2 Å². The van der Waals surface area contributed by atoms with Crippen LogP contribution < -0.4 is 16.8 Å². The van der Waals surface area contributed by atoms with Crippen molar-refractivity contribution in [3.8, 4) is 0 Å². The fraction of sp³-hybridized carbons (Fsp3) is 0.375. The second-order valence-electron chi connectivity index (χ2n) is 3.21. The van der Waals surface area contributed by atoms with Crippen molar-refractivity contribution in [2.24, 2.45) is 5.73 Å². The molecule has 0 bridgehead atoms. The van der Waals surface area contributed by atoms with Gasteiger partial charge in [-0.25, -0.2) is 0 Å². The molecule has 1 aromatic heterocycles. The minimum atomic E-state index is -0.756. The molecule has 15 heavy (non-hydrogen) atoms. The van der Waals surface area contributed by atoms with E-state index in [-0.39, 0.29) is 11.4 Å². The first-order valence-electron chi connectivity index (χ1n) is 4.34. The number of anilines is 1. The molecule has 0 aliphatic heterocycles. The molecule has 1 heterocycles. The number of carbonyl (C=O) groups is 2. The van der Waals surface area contributed by atoms with Gasteiger partial charge in [-0.15, -0.1) is 0 Å². The molecule has 0 fully saturated rings. The number of aryl methyl sites for hydroxylation is 1. The Balaban J connectivity index is 2.78. The standard InChI is InChI=1S/C8H13N5O2/c1-3-5(9)6(13-12-3)8(15)11-4(2)7(10)14/h4H,9H2,1-2H3,(H2,10,14)(H,11,15)(H,12,13). The number of hydrogen-bond donors (Lipinski definition) is 4. The Hall–Kier alpha value is -2.05. The number of aromatic amines is 1. The van der Waals surface area contributed by atoms with E-state index < -0.39 is 17.9 Å². The number of nitrogens with one attached hydrogen (secondary N) is 2. The summed E-state index contributed by atoms with van der Waals surface area (Å²) < 4.78 is 0. The van der Waals surface area contributed by atoms with Crippen LogP contribution in [0.1, 0.15) is 23.1 Å². The van der Waals surface area contributed by atoms with Crippen LogP contribution in [-0.2, 0) is 4.79 Å². The molecule has 6 N–H and O–H groups in total. The Morgan fingerprint density at radius 2 is 2.13 bits per heavy atom. The Bertz CT molecular complexity index is 398. The molecule has 7 heteroatoms. The third kappa shape index (κ3) is 2.25. The maximum Gasteiger partial charge on any atom is 0.274 e. The van der Waals surface area contributed by atoms with Gasteiger partial charge in [0.1, 0.15) is 6.04 Å². The van der Waals surface area contributed by atoms with Crippen LogP contribution in [0.5, 0.6) is 0 Å². The number of hydrogen-bond acceptors (Lipinski definition) is 4. The van der Waals surface area contributed by atoms with Gasteiger partial charge in [-0.2, -0.15) is 5.10 Å². The topological polar surface area (TPSA) is 127 Å². The van der Waals surface area contributed by atoms with E-state index in [4.69, 9.17) is 11.5 Å². The van der Waals surface area contributed by atoms with Crippen LogP contribution in [0, 0.1) is 6.92 Å². The Morgan fingerprint density at radius 1 is 1.53 bits per heavy atom. The van der Waals surface area contributed by atoms with Crippen LogP contribution in [0.2, 0.25) is 0 Å². The number of amides is 2. The van der Waals surface area contributed by atoms with E-state index in [1.54, 1.807) is 6.92 Å². The Kier molecular flexibility index (Phi) is 2.93. The van der Waals surface area contributed by atoms with Crippen molar-refractivity contribution in [2.45, 2.75) is 19.9 Å². The molecule has 0 radical (unpaired) electrons. The number of nitrogens with zero attached hydrogens (tertiary/aromatic N) is 1. The molecule has 7 nitrogen and oxygen atoms in total. The fourth-order valence-corrected chi connectivity index (χ4v) is 0.947. The van der Waals surface area contributed by atoms with E-state index >= 15 is 0 Å². The molecule has 2 amide bonds. The van der Waals surface area contributed by atoms with Crippen molar-refractivity contribution in [3.05, 3.63) is 11.4 Å². The highest BCUT2D eigenvalue weighted by atomic mass is 16.2. The lowest BCUT2D eigenvalue weighted by molar-refractivity contribution is -0.119. The molecule has 0 aromatic carbocycles. The summed E-state index contributed by atoms with van der Waals surface area (Å²) in [7, 11) is 0. The summed E-state index contributed by atoms with van der Waals surface area (Å²) in [5.74, 6) is -1.14. The normalized spacial score (nSPS) is 12.1. The van der Waals surface area contributed by atoms with Crippen molar-refractivity contribution < 1.29 is 9.59 Å². The first-order valence-corrected chi connectivity index (χ1v) is 4.34. The van der Waals surface area contributed by atoms with Crippen LogP contribution in [0.25, 0.3) is 0 Å². The predicted octanol–water partition coefficient (Wildman–Crippen LogP) is -1.10. The van der Waals surface area contributed by atoms with E-state index in [9.17, 15) is 9.59 Å². The SMILES string of the molecule is Cc1[nH]nc(C(=O)NC(C)C(N)=O)c1N. The monoisotopic (exact) mass is 211 g/mol. The van der Waals surface area contributed by atoms with Gasteiger partial charge in [0, 0.05) is 0 Å². The maximum atomic E-state index is 11.5. The fourth-order valence-electron chi connectivity index (χ4n) is 0.947. The average molecular weight is 211 g/mol. The number of H-pyrrole nitrogens is 1. The zero-order valence-electron chi connectivity index (χ0n) is 8.50. The lowest BCUT2D eigenvalue weighted by atomic mass is 10.2. The first-order chi connectivity index (χ1) is 6.93. The quantitative estimate of drug-likeness (QED) is 0.506. The second kappa shape index (κ2) is 3.99. The molecule has 1 rings (SSSR count). The third-order valence-electron chi connectivity index (χ3n) is 1.98. The molecule has 0 aliphatic rings. The van der Waals surface area contributed by atoms with Crippen LogP contribution in [0.3, 0.4) is 0 Å². The average Bonchev–Trinajstić information content (AvgIpc) is 2.47. The highest BCUT2D eigenvalue weighted by Gasteiger charge is 2.18. The van der Waals surface area contributed by atoms with Gasteiger partial charge < -0.3 is 16.8 Å². The number of nitrogens with two attached hydrogens (primary N) is 2. The summed E-state index contributed by atoms with van der Waals surface area (Å²) in [6.45, 7) is 3.17. The van der Waals surface area contributed by atoms with Crippen molar-refractivity contribution in [1.29, 1.82) is 0 Å². The lowest BCUT2D eigenvalue weighted by Crippen LogP contribution is -2.42. The van der Waals surface area contributed by atoms with Gasteiger partial charge in [-0.1, -0.05) is 0 Å². The zero-order valence-corrected chi connectivity index (χ0v) is 8.50. The van der Waals surface area contributed by atoms with Gasteiger partial charge >= 0.3 is 0 Å².